The summed E-state index contributed by atoms with van der Waals surface area (Å²) < 4.78 is 8.88. The second-order valence-electron chi connectivity index (χ2n) is 7.00. The van der Waals surface area contributed by atoms with E-state index in [0.29, 0.717) is 6.61 Å². The first kappa shape index (κ1) is 24.7. The molecule has 0 radical (unpaired) electrons. The van der Waals surface area contributed by atoms with Crippen LogP contribution < -0.4 is 10.1 Å². The van der Waals surface area contributed by atoms with Crippen molar-refractivity contribution in [3.63, 3.8) is 0 Å². The molecule has 0 aliphatic rings. The molecule has 4 nitrogen and oxygen atoms in total. The van der Waals surface area contributed by atoms with Gasteiger partial charge in [0.15, 0.2) is 0 Å². The summed E-state index contributed by atoms with van der Waals surface area (Å²) in [6.45, 7) is 2.35. The van der Waals surface area contributed by atoms with Crippen molar-refractivity contribution < 1.29 is 9.53 Å². The van der Waals surface area contributed by atoms with Gasteiger partial charge in [-0.15, -0.1) is 0 Å². The number of benzene rings is 3. The molecule has 0 heterocycles. The highest BCUT2D eigenvalue weighted by atomic mass is 127. The Hall–Kier alpha value is -1.90. The molecule has 1 N–H and O–H groups in total. The molecule has 1 atom stereocenters. The number of nitrogens with one attached hydrogen (secondary N) is 1. The maximum absolute atomic E-state index is 12.6. The molecule has 0 bridgehead atoms. The SMILES string of the molecule is C[C@@H](NC(=O)/C(C#N)=C\c1cc(I)c(OCc2ccc(Br)cc2)c(I)c1)c1ccccc1. The van der Waals surface area contributed by atoms with Crippen LogP contribution in [0.2, 0.25) is 0 Å². The summed E-state index contributed by atoms with van der Waals surface area (Å²) in [6, 6.07) is 23.3. The fraction of sp³-hybridized carbons (Fsp3) is 0.120. The van der Waals surface area contributed by atoms with Gasteiger partial charge in [-0.3, -0.25) is 4.79 Å². The molecule has 32 heavy (non-hydrogen) atoms. The third-order valence-electron chi connectivity index (χ3n) is 4.64. The first-order valence-corrected chi connectivity index (χ1v) is 12.7. The minimum Gasteiger partial charge on any atom is -0.487 e. The van der Waals surface area contributed by atoms with Gasteiger partial charge in [0.05, 0.1) is 13.2 Å². The molecule has 162 valence electrons. The van der Waals surface area contributed by atoms with Gasteiger partial charge < -0.3 is 10.1 Å². The van der Waals surface area contributed by atoms with Crippen molar-refractivity contribution in [1.29, 1.82) is 5.26 Å². The average molecular weight is 713 g/mol. The van der Waals surface area contributed by atoms with Crippen LogP contribution in [-0.2, 0) is 11.4 Å². The molecule has 3 rings (SSSR count). The van der Waals surface area contributed by atoms with Crippen LogP contribution in [0.4, 0.5) is 0 Å². The lowest BCUT2D eigenvalue weighted by Gasteiger charge is -2.14. The topological polar surface area (TPSA) is 62.1 Å². The van der Waals surface area contributed by atoms with Crippen molar-refractivity contribution in [2.75, 3.05) is 0 Å². The van der Waals surface area contributed by atoms with E-state index in [-0.39, 0.29) is 11.6 Å². The number of nitriles is 1. The normalized spacial score (nSPS) is 12.0. The van der Waals surface area contributed by atoms with E-state index >= 15 is 0 Å². The second kappa shape index (κ2) is 11.8. The number of carbonyl (C=O) groups excluding carboxylic acids is 1. The molecule has 0 aliphatic heterocycles. The zero-order valence-electron chi connectivity index (χ0n) is 17.1. The Balaban J connectivity index is 1.74. The van der Waals surface area contributed by atoms with E-state index in [1.54, 1.807) is 6.08 Å². The zero-order valence-corrected chi connectivity index (χ0v) is 23.0. The van der Waals surface area contributed by atoms with Gasteiger partial charge in [-0.1, -0.05) is 58.4 Å². The number of amides is 1. The van der Waals surface area contributed by atoms with Gasteiger partial charge in [-0.25, -0.2) is 0 Å². The highest BCUT2D eigenvalue weighted by Crippen LogP contribution is 2.30. The van der Waals surface area contributed by atoms with Gasteiger partial charge in [-0.05, 0) is 99.1 Å². The highest BCUT2D eigenvalue weighted by Gasteiger charge is 2.15. The minimum atomic E-state index is -0.399. The minimum absolute atomic E-state index is 0.0583. The van der Waals surface area contributed by atoms with Crippen molar-refractivity contribution in [2.24, 2.45) is 0 Å². The van der Waals surface area contributed by atoms with Gasteiger partial charge in [0.2, 0.25) is 0 Å². The Morgan fingerprint density at radius 1 is 1.12 bits per heavy atom. The molecule has 0 fully saturated rings. The first-order chi connectivity index (χ1) is 15.4. The second-order valence-corrected chi connectivity index (χ2v) is 10.2. The van der Waals surface area contributed by atoms with Crippen LogP contribution in [0.5, 0.6) is 5.75 Å². The number of ether oxygens (including phenoxy) is 1. The molecule has 0 unspecified atom stereocenters. The lowest BCUT2D eigenvalue weighted by molar-refractivity contribution is -0.117. The predicted octanol–water partition coefficient (Wildman–Crippen LogP) is 7.02. The molecule has 3 aromatic carbocycles. The van der Waals surface area contributed by atoms with Crippen LogP contribution in [0.15, 0.2) is 76.8 Å². The van der Waals surface area contributed by atoms with Crippen LogP contribution >= 0.6 is 61.1 Å². The zero-order chi connectivity index (χ0) is 23.1. The lowest BCUT2D eigenvalue weighted by Crippen LogP contribution is -2.27. The average Bonchev–Trinajstić information content (AvgIpc) is 2.78. The van der Waals surface area contributed by atoms with Gasteiger partial charge >= 0.3 is 0 Å². The number of hydrogen-bond donors (Lipinski definition) is 1. The third kappa shape index (κ3) is 6.80. The Bertz CT molecular complexity index is 1150. The molecule has 0 spiro atoms. The Morgan fingerprint density at radius 3 is 2.34 bits per heavy atom. The lowest BCUT2D eigenvalue weighted by atomic mass is 10.1. The van der Waals surface area contributed by atoms with Gasteiger partial charge in [0, 0.05) is 4.47 Å². The largest absolute Gasteiger partial charge is 0.487 e. The molecule has 0 saturated carbocycles. The van der Waals surface area contributed by atoms with Gasteiger partial charge in [0.25, 0.3) is 5.91 Å². The van der Waals surface area contributed by atoms with Crippen LogP contribution in [0, 0.1) is 18.5 Å². The van der Waals surface area contributed by atoms with Crippen LogP contribution in [0.1, 0.15) is 29.7 Å². The Labute approximate surface area is 223 Å². The van der Waals surface area contributed by atoms with Crippen molar-refractivity contribution in [3.8, 4) is 11.8 Å². The monoisotopic (exact) mass is 712 g/mol. The summed E-state index contributed by atoms with van der Waals surface area (Å²) in [5.74, 6) is 0.386. The molecule has 7 heteroatoms. The Morgan fingerprint density at radius 2 is 1.75 bits per heavy atom. The quantitative estimate of drug-likeness (QED) is 0.163. The van der Waals surface area contributed by atoms with E-state index in [1.807, 2.05) is 79.7 Å². The summed E-state index contributed by atoms with van der Waals surface area (Å²) in [5, 5.41) is 12.4. The molecule has 0 saturated heterocycles. The van der Waals surface area contributed by atoms with Gasteiger partial charge in [-0.2, -0.15) is 5.26 Å². The summed E-state index contributed by atoms with van der Waals surface area (Å²) in [7, 11) is 0. The summed E-state index contributed by atoms with van der Waals surface area (Å²) in [5.41, 5.74) is 2.88. The van der Waals surface area contributed by atoms with Crippen molar-refractivity contribution in [1.82, 2.24) is 5.32 Å². The van der Waals surface area contributed by atoms with Crippen molar-refractivity contribution >= 4 is 73.1 Å². The van der Waals surface area contributed by atoms with E-state index in [4.69, 9.17) is 4.74 Å². The fourth-order valence-corrected chi connectivity index (χ4v) is 5.34. The maximum Gasteiger partial charge on any atom is 0.262 e. The summed E-state index contributed by atoms with van der Waals surface area (Å²) in [4.78, 5) is 12.6. The molecule has 3 aromatic rings. The summed E-state index contributed by atoms with van der Waals surface area (Å²) >= 11 is 7.86. The number of nitrogens with zero attached hydrogens (tertiary/aromatic N) is 1. The highest BCUT2D eigenvalue weighted by molar-refractivity contribution is 14.1. The maximum atomic E-state index is 12.6. The third-order valence-corrected chi connectivity index (χ3v) is 6.77. The van der Waals surface area contributed by atoms with E-state index in [1.165, 1.54) is 0 Å². The number of hydrogen-bond acceptors (Lipinski definition) is 3. The van der Waals surface area contributed by atoms with E-state index in [9.17, 15) is 10.1 Å². The molecule has 1 amide bonds. The molecule has 0 aromatic heterocycles. The van der Waals surface area contributed by atoms with Crippen LogP contribution in [0.25, 0.3) is 6.08 Å². The number of carbonyl (C=O) groups is 1. The van der Waals surface area contributed by atoms with Crippen molar-refractivity contribution in [3.05, 3.63) is 101 Å². The number of rotatable bonds is 7. The smallest absolute Gasteiger partial charge is 0.262 e. The fourth-order valence-electron chi connectivity index (χ4n) is 2.95. The van der Waals surface area contributed by atoms with Crippen LogP contribution in [0.3, 0.4) is 0 Å². The van der Waals surface area contributed by atoms with Gasteiger partial charge in [0.1, 0.15) is 24.0 Å². The summed E-state index contributed by atoms with van der Waals surface area (Å²) in [6.07, 6.45) is 1.61. The van der Waals surface area contributed by atoms with E-state index in [0.717, 1.165) is 34.1 Å². The van der Waals surface area contributed by atoms with Crippen molar-refractivity contribution in [2.45, 2.75) is 19.6 Å². The van der Waals surface area contributed by atoms with Crippen LogP contribution in [-0.4, -0.2) is 5.91 Å². The van der Waals surface area contributed by atoms with E-state index in [2.05, 4.69) is 66.4 Å². The standard InChI is InChI=1S/C25H19BrI2N2O2/c1-16(19-5-3-2-4-6-19)30-25(31)20(14-29)11-18-12-22(27)24(23(28)13-18)32-15-17-7-9-21(26)10-8-17/h2-13,16H,15H2,1H3,(H,30,31)/b20-11-/t16-/m1/s1. The molecular formula is C25H19BrI2N2O2. The molecule has 0 aliphatic carbocycles. The number of halogens is 3. The van der Waals surface area contributed by atoms with E-state index < -0.39 is 5.91 Å². The first-order valence-electron chi connectivity index (χ1n) is 9.71. The Kier molecular flexibility index (Phi) is 9.13. The predicted molar refractivity (Wildman–Crippen MR) is 147 cm³/mol. The molecular weight excluding hydrogens is 694 g/mol.